The maximum atomic E-state index is 14.0. The topological polar surface area (TPSA) is 50.6 Å². The number of hydrogen-bond donors (Lipinski definition) is 0. The van der Waals surface area contributed by atoms with Crippen LogP contribution in [0.25, 0.3) is 0 Å². The monoisotopic (exact) mass is 460 g/mol. The third-order valence-electron chi connectivity index (χ3n) is 8.71. The number of carbonyl (C=O) groups is 1. The van der Waals surface area contributed by atoms with Gasteiger partial charge in [0.15, 0.2) is 0 Å². The Kier molecular flexibility index (Phi) is 5.85. The largest absolute Gasteiger partial charge is 0.325 e. The number of benzene rings is 2. The second-order valence-electron chi connectivity index (χ2n) is 10.6. The lowest BCUT2D eigenvalue weighted by Gasteiger charge is -2.51. The van der Waals surface area contributed by atoms with Gasteiger partial charge in [0.05, 0.1) is 17.6 Å². The fraction of sp³-hybridized carbons (Fsp3) is 0.500. The summed E-state index contributed by atoms with van der Waals surface area (Å²) in [6, 6.07) is 17.1. The molecule has 1 spiro atoms. The van der Waals surface area contributed by atoms with Crippen LogP contribution in [0.4, 0.5) is 14.9 Å². The summed E-state index contributed by atoms with van der Waals surface area (Å²) in [6.45, 7) is 1.38. The van der Waals surface area contributed by atoms with E-state index in [0.29, 0.717) is 18.2 Å². The van der Waals surface area contributed by atoms with E-state index in [2.05, 4.69) is 54.2 Å². The Bertz CT molecular complexity index is 1100. The number of rotatable bonds is 5. The molecule has 2 amide bonds. The van der Waals surface area contributed by atoms with Crippen LogP contribution in [0.5, 0.6) is 0 Å². The number of amides is 2. The lowest BCUT2D eigenvalue weighted by atomic mass is 9.68. The third-order valence-corrected chi connectivity index (χ3v) is 8.71. The Morgan fingerprint density at radius 2 is 1.79 bits per heavy atom. The molecule has 1 aliphatic heterocycles. The average Bonchev–Trinajstić information content (AvgIpc) is 3.08. The molecule has 5 nitrogen and oxygen atoms in total. The van der Waals surface area contributed by atoms with Crippen molar-refractivity contribution in [2.45, 2.75) is 56.0 Å². The van der Waals surface area contributed by atoms with Gasteiger partial charge < -0.3 is 4.90 Å². The van der Waals surface area contributed by atoms with E-state index in [0.717, 1.165) is 32.2 Å². The quantitative estimate of drug-likeness (QED) is 0.591. The van der Waals surface area contributed by atoms with Gasteiger partial charge in [-0.05, 0) is 82.3 Å². The molecule has 1 saturated heterocycles. The van der Waals surface area contributed by atoms with Crippen LogP contribution in [-0.4, -0.2) is 48.6 Å². The molecule has 1 heterocycles. The highest BCUT2D eigenvalue weighted by atomic mass is 19.1. The Labute approximate surface area is 201 Å². The first kappa shape index (κ1) is 22.9. The second-order valence-corrected chi connectivity index (χ2v) is 10.6. The zero-order chi connectivity index (χ0) is 23.9. The fourth-order valence-corrected chi connectivity index (χ4v) is 6.27. The molecule has 5 rings (SSSR count). The van der Waals surface area contributed by atoms with Crippen molar-refractivity contribution in [2.75, 3.05) is 32.1 Å². The molecule has 2 aliphatic carbocycles. The van der Waals surface area contributed by atoms with E-state index in [4.69, 9.17) is 0 Å². The average molecular weight is 461 g/mol. The predicted octanol–water partition coefficient (Wildman–Crippen LogP) is 5.51. The fourth-order valence-electron chi connectivity index (χ4n) is 6.27. The van der Waals surface area contributed by atoms with E-state index in [1.165, 1.54) is 37.0 Å². The molecule has 3 aliphatic rings. The summed E-state index contributed by atoms with van der Waals surface area (Å²) in [5.41, 5.74) is 1.65. The van der Waals surface area contributed by atoms with Crippen molar-refractivity contribution >= 4 is 11.7 Å². The van der Waals surface area contributed by atoms with Gasteiger partial charge in [-0.25, -0.2) is 9.18 Å². The van der Waals surface area contributed by atoms with Gasteiger partial charge in [0.2, 0.25) is 0 Å². The number of anilines is 1. The lowest BCUT2D eigenvalue weighted by Crippen LogP contribution is -2.56. The van der Waals surface area contributed by atoms with Crippen LogP contribution in [0, 0.1) is 23.1 Å². The van der Waals surface area contributed by atoms with Crippen LogP contribution >= 0.6 is 0 Å². The van der Waals surface area contributed by atoms with Crippen molar-refractivity contribution in [1.29, 1.82) is 5.26 Å². The highest BCUT2D eigenvalue weighted by Crippen LogP contribution is 2.50. The van der Waals surface area contributed by atoms with Crippen molar-refractivity contribution in [3.63, 3.8) is 0 Å². The summed E-state index contributed by atoms with van der Waals surface area (Å²) in [6.07, 6.45) is 7.38. The summed E-state index contributed by atoms with van der Waals surface area (Å²) in [5, 5.41) is 9.31. The van der Waals surface area contributed by atoms with Crippen molar-refractivity contribution in [3.8, 4) is 6.07 Å². The van der Waals surface area contributed by atoms with Crippen LogP contribution in [-0.2, 0) is 5.54 Å². The maximum absolute atomic E-state index is 14.0. The molecule has 0 aromatic heterocycles. The van der Waals surface area contributed by atoms with Gasteiger partial charge in [-0.15, -0.1) is 0 Å². The van der Waals surface area contributed by atoms with Crippen molar-refractivity contribution in [2.24, 2.45) is 5.92 Å². The van der Waals surface area contributed by atoms with E-state index in [1.54, 1.807) is 11.0 Å². The summed E-state index contributed by atoms with van der Waals surface area (Å²) in [4.78, 5) is 20.0. The first-order valence-electron chi connectivity index (χ1n) is 12.4. The molecule has 34 heavy (non-hydrogen) atoms. The van der Waals surface area contributed by atoms with Gasteiger partial charge in [-0.2, -0.15) is 5.26 Å². The van der Waals surface area contributed by atoms with Crippen LogP contribution in [0.3, 0.4) is 0 Å². The molecule has 178 valence electrons. The number of hydrogen-bond acceptors (Lipinski definition) is 3. The summed E-state index contributed by atoms with van der Waals surface area (Å²) in [5.74, 6) is 0.0218. The van der Waals surface area contributed by atoms with Gasteiger partial charge in [-0.1, -0.05) is 36.8 Å². The van der Waals surface area contributed by atoms with Crippen LogP contribution < -0.4 is 4.90 Å². The molecule has 3 fully saturated rings. The number of carbonyl (C=O) groups excluding carboxylic acids is 1. The molecule has 2 saturated carbocycles. The molecule has 0 unspecified atom stereocenters. The van der Waals surface area contributed by atoms with Crippen molar-refractivity contribution in [1.82, 2.24) is 9.80 Å². The zero-order valence-corrected chi connectivity index (χ0v) is 20.1. The van der Waals surface area contributed by atoms with E-state index >= 15 is 0 Å². The Morgan fingerprint density at radius 3 is 2.38 bits per heavy atom. The molecular weight excluding hydrogens is 427 g/mol. The smallest absolute Gasteiger partial charge is 0.317 e. The van der Waals surface area contributed by atoms with Crippen LogP contribution in [0.1, 0.15) is 56.1 Å². The summed E-state index contributed by atoms with van der Waals surface area (Å²) < 4.78 is 14.0. The Balaban J connectivity index is 1.47. The number of nitrogens with zero attached hydrogens (tertiary/aromatic N) is 4. The molecular formula is C28H33FN4O. The minimum absolute atomic E-state index is 0.000498. The number of urea groups is 1. The predicted molar refractivity (Wildman–Crippen MR) is 131 cm³/mol. The molecule has 2 aromatic carbocycles. The normalized spacial score (nSPS) is 27.3. The molecule has 0 atom stereocenters. The summed E-state index contributed by atoms with van der Waals surface area (Å²) >= 11 is 0. The first-order valence-corrected chi connectivity index (χ1v) is 12.4. The van der Waals surface area contributed by atoms with Crippen LogP contribution in [0.15, 0.2) is 48.5 Å². The van der Waals surface area contributed by atoms with Crippen molar-refractivity contribution in [3.05, 3.63) is 65.5 Å². The zero-order valence-electron chi connectivity index (χ0n) is 20.1. The SMILES string of the molecule is CN(C)C1(c2ccccc2)CCC2(CC1)CN(c1ccc(F)c(C#N)c1)C(=O)N2CC1CCC1. The molecule has 6 heteroatoms. The lowest BCUT2D eigenvalue weighted by molar-refractivity contribution is 0.0172. The Morgan fingerprint density at radius 1 is 1.09 bits per heavy atom. The number of halogens is 1. The van der Waals surface area contributed by atoms with Gasteiger partial charge in [0, 0.05) is 17.8 Å². The highest BCUT2D eigenvalue weighted by molar-refractivity contribution is 5.95. The minimum atomic E-state index is -0.546. The minimum Gasteiger partial charge on any atom is -0.317 e. The molecule has 0 bridgehead atoms. The first-order chi connectivity index (χ1) is 16.4. The van der Waals surface area contributed by atoms with Gasteiger partial charge in [0.1, 0.15) is 11.9 Å². The van der Waals surface area contributed by atoms with E-state index < -0.39 is 5.82 Å². The van der Waals surface area contributed by atoms with E-state index in [-0.39, 0.29) is 22.7 Å². The summed E-state index contributed by atoms with van der Waals surface area (Å²) in [7, 11) is 4.32. The standard InChI is InChI=1S/C28H33FN4O/c1-31(2)28(23-9-4-3-5-10-23)15-13-27(14-16-28)20-32(24-11-12-25(29)22(17-24)18-30)26(34)33(27)19-21-7-6-8-21/h3-5,9-12,17,21H,6-8,13-16,19-20H2,1-2H3. The third kappa shape index (κ3) is 3.67. The second kappa shape index (κ2) is 8.70. The highest BCUT2D eigenvalue weighted by Gasteiger charge is 2.55. The van der Waals surface area contributed by atoms with Gasteiger partial charge in [0.25, 0.3) is 0 Å². The Hall–Kier alpha value is -2.91. The molecule has 2 aromatic rings. The van der Waals surface area contributed by atoms with E-state index in [1.807, 2.05) is 6.07 Å². The van der Waals surface area contributed by atoms with Gasteiger partial charge in [-0.3, -0.25) is 9.80 Å². The molecule has 0 N–H and O–H groups in total. The van der Waals surface area contributed by atoms with Crippen LogP contribution in [0.2, 0.25) is 0 Å². The maximum Gasteiger partial charge on any atom is 0.325 e. The van der Waals surface area contributed by atoms with Gasteiger partial charge >= 0.3 is 6.03 Å². The van der Waals surface area contributed by atoms with E-state index in [9.17, 15) is 14.4 Å². The molecule has 0 radical (unpaired) electrons. The number of nitriles is 1. The van der Waals surface area contributed by atoms with Crippen molar-refractivity contribution < 1.29 is 9.18 Å².